The number of piperazine rings is 1. The van der Waals surface area contributed by atoms with Gasteiger partial charge in [-0.05, 0) is 24.3 Å². The quantitative estimate of drug-likeness (QED) is 0.634. The van der Waals surface area contributed by atoms with Crippen molar-refractivity contribution in [3.8, 4) is 17.0 Å². The van der Waals surface area contributed by atoms with E-state index in [1.807, 2.05) is 0 Å². The number of aliphatic hydroxyl groups excluding tert-OH is 1. The predicted molar refractivity (Wildman–Crippen MR) is 99.8 cm³/mol. The molecule has 0 unspecified atom stereocenters. The van der Waals surface area contributed by atoms with Crippen LogP contribution in [0.25, 0.3) is 22.2 Å². The summed E-state index contributed by atoms with van der Waals surface area (Å²) in [5, 5.41) is 23.8. The number of halogens is 3. The second kappa shape index (κ2) is 8.02. The Bertz CT molecular complexity index is 1010. The number of rotatable bonds is 5. The predicted octanol–water partition coefficient (Wildman–Crippen LogP) is 2.73. The number of hydrogen-bond acceptors (Lipinski definition) is 6. The Balaban J connectivity index is 1.64. The van der Waals surface area contributed by atoms with Crippen LogP contribution in [0.5, 0.6) is 5.75 Å². The maximum absolute atomic E-state index is 13.6. The molecular weight excluding hydrogens is 387 g/mol. The van der Waals surface area contributed by atoms with Crippen LogP contribution in [0.15, 0.2) is 28.8 Å². The minimum absolute atomic E-state index is 0.0365. The van der Waals surface area contributed by atoms with Crippen molar-refractivity contribution in [1.29, 1.82) is 0 Å². The fourth-order valence-corrected chi connectivity index (χ4v) is 3.64. The molecule has 0 aliphatic carbocycles. The summed E-state index contributed by atoms with van der Waals surface area (Å²) in [5.41, 5.74) is 1.07. The summed E-state index contributed by atoms with van der Waals surface area (Å²) < 4.78 is 45.9. The third kappa shape index (κ3) is 3.81. The van der Waals surface area contributed by atoms with Crippen LogP contribution < -0.4 is 0 Å². The summed E-state index contributed by atoms with van der Waals surface area (Å²) in [7, 11) is 0. The van der Waals surface area contributed by atoms with Crippen molar-refractivity contribution < 1.29 is 27.9 Å². The highest BCUT2D eigenvalue weighted by Gasteiger charge is 2.23. The Kier molecular flexibility index (Phi) is 5.44. The van der Waals surface area contributed by atoms with Crippen LogP contribution in [-0.2, 0) is 6.54 Å². The molecule has 0 spiro atoms. The number of aromatic hydroxyl groups is 1. The average Bonchev–Trinajstić information content (AvgIpc) is 3.14. The van der Waals surface area contributed by atoms with Gasteiger partial charge in [-0.1, -0.05) is 5.16 Å². The van der Waals surface area contributed by atoms with E-state index in [9.17, 15) is 18.3 Å². The first-order valence-electron chi connectivity index (χ1n) is 9.28. The average molecular weight is 407 g/mol. The van der Waals surface area contributed by atoms with Crippen LogP contribution in [-0.4, -0.2) is 64.5 Å². The van der Waals surface area contributed by atoms with Crippen LogP contribution in [0.4, 0.5) is 13.2 Å². The summed E-state index contributed by atoms with van der Waals surface area (Å²) in [6, 6.07) is 4.76. The van der Waals surface area contributed by atoms with Gasteiger partial charge in [0.15, 0.2) is 23.0 Å². The number of aromatic nitrogens is 1. The van der Waals surface area contributed by atoms with Gasteiger partial charge >= 0.3 is 0 Å². The van der Waals surface area contributed by atoms with Crippen molar-refractivity contribution >= 4 is 11.0 Å². The molecular formula is C20H20F3N3O3. The molecule has 0 atom stereocenters. The number of benzene rings is 2. The Morgan fingerprint density at radius 2 is 1.66 bits per heavy atom. The molecule has 6 nitrogen and oxygen atoms in total. The van der Waals surface area contributed by atoms with E-state index in [0.717, 1.165) is 38.3 Å². The molecule has 1 saturated heterocycles. The zero-order valence-corrected chi connectivity index (χ0v) is 15.5. The molecule has 2 N–H and O–H groups in total. The van der Waals surface area contributed by atoms with E-state index in [1.54, 1.807) is 6.07 Å². The van der Waals surface area contributed by atoms with Gasteiger partial charge in [0, 0.05) is 44.8 Å². The van der Waals surface area contributed by atoms with E-state index in [-0.39, 0.29) is 23.6 Å². The van der Waals surface area contributed by atoms with E-state index in [1.165, 1.54) is 6.07 Å². The third-order valence-electron chi connectivity index (χ3n) is 5.24. The number of fused-ring (bicyclic) bond motifs is 1. The molecule has 0 saturated carbocycles. The molecule has 2 aromatic carbocycles. The summed E-state index contributed by atoms with van der Waals surface area (Å²) in [6.45, 7) is 4.27. The molecule has 2 heterocycles. The largest absolute Gasteiger partial charge is 0.507 e. The van der Waals surface area contributed by atoms with Crippen LogP contribution in [0.1, 0.15) is 5.56 Å². The Morgan fingerprint density at radius 1 is 1.00 bits per heavy atom. The smallest absolute Gasteiger partial charge is 0.194 e. The van der Waals surface area contributed by atoms with E-state index < -0.39 is 17.5 Å². The Hall–Kier alpha value is -2.62. The lowest BCUT2D eigenvalue weighted by Crippen LogP contribution is -2.46. The number of phenols is 1. The first kappa shape index (κ1) is 19.7. The van der Waals surface area contributed by atoms with Gasteiger partial charge < -0.3 is 14.7 Å². The molecule has 4 rings (SSSR count). The lowest BCUT2D eigenvalue weighted by atomic mass is 10.0. The topological polar surface area (TPSA) is 73.0 Å². The SMILES string of the molecule is OCCN1CCN(Cc2c(O)ccc3c(-c4cc(F)c(F)c(F)c4)noc23)CC1. The lowest BCUT2D eigenvalue weighted by Gasteiger charge is -2.34. The number of nitrogens with zero attached hydrogens (tertiary/aromatic N) is 3. The molecule has 1 fully saturated rings. The Labute approximate surface area is 164 Å². The van der Waals surface area contributed by atoms with Crippen molar-refractivity contribution in [2.45, 2.75) is 6.54 Å². The summed E-state index contributed by atoms with van der Waals surface area (Å²) in [5.74, 6) is -4.12. The van der Waals surface area contributed by atoms with E-state index in [0.29, 0.717) is 29.6 Å². The van der Waals surface area contributed by atoms with Crippen molar-refractivity contribution in [2.75, 3.05) is 39.3 Å². The summed E-state index contributed by atoms with van der Waals surface area (Å²) in [4.78, 5) is 4.29. The number of β-amino-alcohol motifs (C(OH)–C–C–N with tert-alkyl or cyclic N) is 1. The van der Waals surface area contributed by atoms with Gasteiger partial charge in [-0.15, -0.1) is 0 Å². The van der Waals surface area contributed by atoms with Gasteiger partial charge in [-0.25, -0.2) is 13.2 Å². The van der Waals surface area contributed by atoms with Gasteiger partial charge in [0.25, 0.3) is 0 Å². The highest BCUT2D eigenvalue weighted by molar-refractivity contribution is 5.94. The van der Waals surface area contributed by atoms with Gasteiger partial charge in [0.1, 0.15) is 11.4 Å². The zero-order valence-electron chi connectivity index (χ0n) is 15.5. The molecule has 0 radical (unpaired) electrons. The van der Waals surface area contributed by atoms with Gasteiger partial charge in [0.05, 0.1) is 17.6 Å². The molecule has 9 heteroatoms. The van der Waals surface area contributed by atoms with Gasteiger partial charge in [0.2, 0.25) is 0 Å². The normalized spacial score (nSPS) is 16.0. The first-order valence-corrected chi connectivity index (χ1v) is 9.28. The molecule has 1 aromatic heterocycles. The molecule has 29 heavy (non-hydrogen) atoms. The number of hydrogen-bond donors (Lipinski definition) is 2. The molecule has 154 valence electrons. The highest BCUT2D eigenvalue weighted by atomic mass is 19.2. The molecule has 1 aliphatic heterocycles. The van der Waals surface area contributed by atoms with Crippen LogP contribution in [0, 0.1) is 17.5 Å². The van der Waals surface area contributed by atoms with Crippen molar-refractivity contribution in [2.24, 2.45) is 0 Å². The van der Waals surface area contributed by atoms with Crippen molar-refractivity contribution in [3.63, 3.8) is 0 Å². The second-order valence-electron chi connectivity index (χ2n) is 7.07. The number of phenolic OH excluding ortho intramolecular Hbond substituents is 1. The number of aliphatic hydroxyl groups is 1. The van der Waals surface area contributed by atoms with E-state index in [4.69, 9.17) is 9.63 Å². The molecule has 1 aliphatic rings. The van der Waals surface area contributed by atoms with Crippen molar-refractivity contribution in [1.82, 2.24) is 15.0 Å². The van der Waals surface area contributed by atoms with E-state index in [2.05, 4.69) is 15.0 Å². The lowest BCUT2D eigenvalue weighted by molar-refractivity contribution is 0.108. The maximum atomic E-state index is 13.6. The van der Waals surface area contributed by atoms with Gasteiger partial charge in [-0.2, -0.15) is 0 Å². The van der Waals surface area contributed by atoms with Crippen LogP contribution in [0.2, 0.25) is 0 Å². The maximum Gasteiger partial charge on any atom is 0.194 e. The minimum Gasteiger partial charge on any atom is -0.507 e. The first-order chi connectivity index (χ1) is 14.0. The monoisotopic (exact) mass is 407 g/mol. The fourth-order valence-electron chi connectivity index (χ4n) is 3.64. The van der Waals surface area contributed by atoms with Crippen molar-refractivity contribution in [3.05, 3.63) is 47.3 Å². The van der Waals surface area contributed by atoms with Crippen LogP contribution >= 0.6 is 0 Å². The molecule has 3 aromatic rings. The Morgan fingerprint density at radius 3 is 2.31 bits per heavy atom. The van der Waals surface area contributed by atoms with E-state index >= 15 is 0 Å². The standard InChI is InChI=1S/C20H20F3N3O3/c21-15-9-12(10-16(22)18(15)23)19-13-1-2-17(28)14(20(13)29-24-19)11-26-5-3-25(4-6-26)7-8-27/h1-2,9-10,27-28H,3-8,11H2. The van der Waals surface area contributed by atoms with Gasteiger partial charge in [-0.3, -0.25) is 9.80 Å². The highest BCUT2D eigenvalue weighted by Crippen LogP contribution is 2.35. The zero-order chi connectivity index (χ0) is 20.5. The molecule has 0 bridgehead atoms. The third-order valence-corrected chi connectivity index (χ3v) is 5.24. The van der Waals surface area contributed by atoms with Crippen LogP contribution in [0.3, 0.4) is 0 Å². The minimum atomic E-state index is -1.54. The summed E-state index contributed by atoms with van der Waals surface area (Å²) in [6.07, 6.45) is 0. The fraction of sp³-hybridized carbons (Fsp3) is 0.350. The molecule has 0 amide bonds. The second-order valence-corrected chi connectivity index (χ2v) is 7.07. The summed E-state index contributed by atoms with van der Waals surface area (Å²) >= 11 is 0.